The summed E-state index contributed by atoms with van der Waals surface area (Å²) >= 11 is 1.17. The maximum Gasteiger partial charge on any atom is 0.412 e. The van der Waals surface area contributed by atoms with Crippen molar-refractivity contribution in [2.45, 2.75) is 47.1 Å². The summed E-state index contributed by atoms with van der Waals surface area (Å²) in [6.07, 6.45) is -0.629. The number of ether oxygens (including phenoxy) is 2. The molecule has 5 nitrogen and oxygen atoms in total. The van der Waals surface area contributed by atoms with E-state index in [9.17, 15) is 9.59 Å². The number of carbonyl (C=O) groups is 2. The van der Waals surface area contributed by atoms with Gasteiger partial charge in [0.05, 0.1) is 17.7 Å². The van der Waals surface area contributed by atoms with Crippen LogP contribution >= 0.6 is 11.3 Å². The minimum absolute atomic E-state index is 0.159. The third-order valence-corrected chi connectivity index (χ3v) is 3.33. The molecule has 0 aliphatic rings. The lowest BCUT2D eigenvalue weighted by atomic mass is 9.98. The maximum atomic E-state index is 11.9. The topological polar surface area (TPSA) is 64.6 Å². The Hall–Kier alpha value is -2.00. The summed E-state index contributed by atoms with van der Waals surface area (Å²) in [4.78, 5) is 24.7. The molecule has 1 heterocycles. The molecule has 0 atom stereocenters. The van der Waals surface area contributed by atoms with E-state index < -0.39 is 17.7 Å². The molecule has 1 aromatic rings. The molecule has 1 rings (SSSR count). The first-order chi connectivity index (χ1) is 10.4. The molecule has 6 heteroatoms. The average molecular weight is 337 g/mol. The monoisotopic (exact) mass is 337 g/mol. The van der Waals surface area contributed by atoms with Crippen LogP contribution in [0.15, 0.2) is 6.07 Å². The van der Waals surface area contributed by atoms with E-state index in [4.69, 9.17) is 9.47 Å². The van der Waals surface area contributed by atoms with Crippen LogP contribution in [0.2, 0.25) is 0 Å². The van der Waals surface area contributed by atoms with Crippen LogP contribution in [0.4, 0.5) is 10.5 Å². The van der Waals surface area contributed by atoms with Crippen LogP contribution < -0.4 is 5.32 Å². The quantitative estimate of drug-likeness (QED) is 0.646. The van der Waals surface area contributed by atoms with E-state index in [0.29, 0.717) is 10.6 Å². The van der Waals surface area contributed by atoms with Gasteiger partial charge in [-0.2, -0.15) is 0 Å². The lowest BCUT2D eigenvalue weighted by Crippen LogP contribution is -2.27. The molecule has 1 aromatic heterocycles. The van der Waals surface area contributed by atoms with Crippen molar-refractivity contribution in [2.24, 2.45) is 5.41 Å². The zero-order chi connectivity index (χ0) is 17.8. The summed E-state index contributed by atoms with van der Waals surface area (Å²) in [5, 5.41) is 2.58. The third kappa shape index (κ3) is 6.74. The number of nitrogens with one attached hydrogen (secondary N) is 1. The van der Waals surface area contributed by atoms with Crippen LogP contribution in [0, 0.1) is 17.3 Å². The van der Waals surface area contributed by atoms with Gasteiger partial charge in [0, 0.05) is 5.41 Å². The van der Waals surface area contributed by atoms with Crippen molar-refractivity contribution in [3.8, 4) is 11.8 Å². The van der Waals surface area contributed by atoms with Crippen molar-refractivity contribution in [1.29, 1.82) is 0 Å². The number of thiophene rings is 1. The van der Waals surface area contributed by atoms with Crippen LogP contribution in [0.5, 0.6) is 0 Å². The van der Waals surface area contributed by atoms with Crippen molar-refractivity contribution >= 4 is 29.1 Å². The van der Waals surface area contributed by atoms with Crippen molar-refractivity contribution in [3.05, 3.63) is 15.8 Å². The van der Waals surface area contributed by atoms with E-state index in [0.717, 1.165) is 0 Å². The number of carbonyl (C=O) groups excluding carboxylic acids is 2. The average Bonchev–Trinajstić information content (AvgIpc) is 2.75. The Kier molecular flexibility index (Phi) is 5.84. The van der Waals surface area contributed by atoms with Crippen LogP contribution in [0.1, 0.15) is 56.1 Å². The first-order valence-electron chi connectivity index (χ1n) is 7.16. The van der Waals surface area contributed by atoms with E-state index in [1.165, 1.54) is 18.4 Å². The SMILES string of the molecule is COC(=O)c1sc(C#CC(C)(C)C)cc1NC(=O)OC(C)(C)C. The lowest BCUT2D eigenvalue weighted by molar-refractivity contribution is 0.0607. The zero-order valence-electron chi connectivity index (χ0n) is 14.6. The number of methoxy groups -OCH3 is 1. The molecule has 0 aliphatic heterocycles. The molecule has 0 saturated carbocycles. The molecule has 0 fully saturated rings. The van der Waals surface area contributed by atoms with E-state index in [2.05, 4.69) is 17.2 Å². The summed E-state index contributed by atoms with van der Waals surface area (Å²) in [5.41, 5.74) is -0.441. The second kappa shape index (κ2) is 7.05. The normalized spacial score (nSPS) is 11.3. The van der Waals surface area contributed by atoms with E-state index in [1.807, 2.05) is 20.8 Å². The van der Waals surface area contributed by atoms with Gasteiger partial charge in [-0.3, -0.25) is 5.32 Å². The van der Waals surface area contributed by atoms with Crippen molar-refractivity contribution < 1.29 is 19.1 Å². The number of esters is 1. The number of anilines is 1. The highest BCUT2D eigenvalue weighted by molar-refractivity contribution is 7.15. The Labute approximate surface area is 141 Å². The second-order valence-corrected chi connectivity index (χ2v) is 8.02. The van der Waals surface area contributed by atoms with E-state index >= 15 is 0 Å². The molecule has 0 saturated heterocycles. The fraction of sp³-hybridized carbons (Fsp3) is 0.529. The first kappa shape index (κ1) is 19.0. The van der Waals surface area contributed by atoms with Gasteiger partial charge in [0.15, 0.2) is 0 Å². The number of amides is 1. The van der Waals surface area contributed by atoms with Crippen molar-refractivity contribution in [3.63, 3.8) is 0 Å². The first-order valence-corrected chi connectivity index (χ1v) is 7.98. The molecular formula is C17H23NO4S. The van der Waals surface area contributed by atoms with Gasteiger partial charge in [0.25, 0.3) is 0 Å². The smallest absolute Gasteiger partial charge is 0.412 e. The fourth-order valence-corrected chi connectivity index (χ4v) is 2.34. The Morgan fingerprint density at radius 3 is 2.26 bits per heavy atom. The predicted molar refractivity (Wildman–Crippen MR) is 91.8 cm³/mol. The molecule has 126 valence electrons. The summed E-state index contributed by atoms with van der Waals surface area (Å²) in [6.45, 7) is 11.3. The molecule has 23 heavy (non-hydrogen) atoms. The summed E-state index contributed by atoms with van der Waals surface area (Å²) in [7, 11) is 1.29. The summed E-state index contributed by atoms with van der Waals surface area (Å²) < 4.78 is 9.95. The standard InChI is InChI=1S/C17H23NO4S/c1-16(2,3)9-8-11-10-12(13(23-11)14(19)21-7)18-15(20)22-17(4,5)6/h10H,1-7H3,(H,18,20). The van der Waals surface area contributed by atoms with E-state index in [-0.39, 0.29) is 10.3 Å². The van der Waals surface area contributed by atoms with Gasteiger partial charge in [-0.05, 0) is 47.6 Å². The predicted octanol–water partition coefficient (Wildman–Crippen LogP) is 4.28. The van der Waals surface area contributed by atoms with Crippen LogP contribution in [0.3, 0.4) is 0 Å². The third-order valence-electron chi connectivity index (χ3n) is 2.30. The lowest BCUT2D eigenvalue weighted by Gasteiger charge is -2.19. The molecule has 0 radical (unpaired) electrons. The Morgan fingerprint density at radius 1 is 1.17 bits per heavy atom. The number of hydrogen-bond donors (Lipinski definition) is 1. The van der Waals surface area contributed by atoms with Gasteiger partial charge < -0.3 is 9.47 Å². The second-order valence-electron chi connectivity index (χ2n) is 6.97. The highest BCUT2D eigenvalue weighted by Gasteiger charge is 2.21. The van der Waals surface area contributed by atoms with Gasteiger partial charge in [-0.15, -0.1) is 11.3 Å². The largest absolute Gasteiger partial charge is 0.465 e. The minimum atomic E-state index is -0.629. The molecule has 1 N–H and O–H groups in total. The highest BCUT2D eigenvalue weighted by Crippen LogP contribution is 2.28. The van der Waals surface area contributed by atoms with Gasteiger partial charge in [0.2, 0.25) is 0 Å². The molecule has 0 bridgehead atoms. The Morgan fingerprint density at radius 2 is 1.78 bits per heavy atom. The Balaban J connectivity index is 3.09. The number of hydrogen-bond acceptors (Lipinski definition) is 5. The van der Waals surface area contributed by atoms with Gasteiger partial charge >= 0.3 is 12.1 Å². The van der Waals surface area contributed by atoms with Gasteiger partial charge in [0.1, 0.15) is 10.5 Å². The van der Waals surface area contributed by atoms with Crippen molar-refractivity contribution in [2.75, 3.05) is 12.4 Å². The molecule has 0 aromatic carbocycles. The molecule has 0 spiro atoms. The molecule has 1 amide bonds. The maximum absolute atomic E-state index is 11.9. The van der Waals surface area contributed by atoms with Gasteiger partial charge in [-0.25, -0.2) is 9.59 Å². The minimum Gasteiger partial charge on any atom is -0.465 e. The van der Waals surface area contributed by atoms with Crippen LogP contribution in [-0.4, -0.2) is 24.8 Å². The summed E-state index contributed by atoms with van der Waals surface area (Å²) in [6, 6.07) is 1.65. The summed E-state index contributed by atoms with van der Waals surface area (Å²) in [5.74, 6) is 5.58. The molecular weight excluding hydrogens is 314 g/mol. The van der Waals surface area contributed by atoms with Crippen LogP contribution in [-0.2, 0) is 9.47 Å². The fourth-order valence-electron chi connectivity index (χ4n) is 1.45. The molecule has 0 unspecified atom stereocenters. The Bertz CT molecular complexity index is 651. The highest BCUT2D eigenvalue weighted by atomic mass is 32.1. The molecule has 0 aliphatic carbocycles. The van der Waals surface area contributed by atoms with Gasteiger partial charge in [-0.1, -0.05) is 11.8 Å². The van der Waals surface area contributed by atoms with Crippen molar-refractivity contribution in [1.82, 2.24) is 0 Å². The zero-order valence-corrected chi connectivity index (χ0v) is 15.4. The van der Waals surface area contributed by atoms with Crippen LogP contribution in [0.25, 0.3) is 0 Å². The number of rotatable bonds is 2. The van der Waals surface area contributed by atoms with E-state index in [1.54, 1.807) is 26.8 Å².